The summed E-state index contributed by atoms with van der Waals surface area (Å²) >= 11 is 0. The minimum Gasteiger partial charge on any atom is -0.345 e. The van der Waals surface area contributed by atoms with Crippen molar-refractivity contribution < 1.29 is 13.2 Å². The fourth-order valence-corrected chi connectivity index (χ4v) is 3.65. The van der Waals surface area contributed by atoms with Crippen LogP contribution >= 0.6 is 0 Å². The first kappa shape index (κ1) is 20.9. The van der Waals surface area contributed by atoms with Crippen LogP contribution in [0.5, 0.6) is 0 Å². The summed E-state index contributed by atoms with van der Waals surface area (Å²) in [6.45, 7) is 4.62. The molecule has 1 aromatic heterocycles. The molecule has 1 heterocycles. The highest BCUT2D eigenvalue weighted by atomic mass is 32.2. The van der Waals surface area contributed by atoms with Crippen LogP contribution in [0.4, 0.5) is 5.69 Å². The molecule has 0 bridgehead atoms. The van der Waals surface area contributed by atoms with Crippen LogP contribution in [0, 0.1) is 13.8 Å². The highest BCUT2D eigenvalue weighted by molar-refractivity contribution is 7.92. The van der Waals surface area contributed by atoms with E-state index in [0.29, 0.717) is 12.2 Å². The number of sulfonamides is 1. The van der Waals surface area contributed by atoms with E-state index >= 15 is 0 Å². The maximum Gasteiger partial charge on any atom is 0.232 e. The highest BCUT2D eigenvalue weighted by Crippen LogP contribution is 2.21. The molecule has 27 heavy (non-hydrogen) atoms. The first-order chi connectivity index (χ1) is 12.7. The molecule has 0 saturated heterocycles. The van der Waals surface area contributed by atoms with Crippen molar-refractivity contribution in [3.63, 3.8) is 0 Å². The number of aryl methyl sites for hydroxylation is 2. The summed E-state index contributed by atoms with van der Waals surface area (Å²) in [7, 11) is -1.73. The lowest BCUT2D eigenvalue weighted by atomic mass is 10.1. The number of carbonyl (C=O) groups excluding carboxylic acids is 1. The number of hydrogen-bond acceptors (Lipinski definition) is 4. The number of nitrogens with zero attached hydrogens (tertiary/aromatic N) is 3. The van der Waals surface area contributed by atoms with Crippen LogP contribution in [0.1, 0.15) is 23.1 Å². The van der Waals surface area contributed by atoms with Gasteiger partial charge in [-0.2, -0.15) is 0 Å². The molecule has 2 aromatic rings. The number of pyridine rings is 1. The number of aromatic nitrogens is 1. The fourth-order valence-electron chi connectivity index (χ4n) is 2.73. The molecule has 0 aliphatic rings. The lowest BCUT2D eigenvalue weighted by Crippen LogP contribution is -2.36. The Bertz CT molecular complexity index is 883. The van der Waals surface area contributed by atoms with Crippen molar-refractivity contribution in [2.75, 3.05) is 30.7 Å². The number of benzene rings is 1. The third-order valence-electron chi connectivity index (χ3n) is 4.62. The van der Waals surface area contributed by atoms with Crippen molar-refractivity contribution in [3.05, 3.63) is 59.4 Å². The van der Waals surface area contributed by atoms with Gasteiger partial charge in [0.2, 0.25) is 15.9 Å². The molecule has 146 valence electrons. The molecule has 0 saturated carbocycles. The largest absolute Gasteiger partial charge is 0.345 e. The molecule has 6 nitrogen and oxygen atoms in total. The minimum atomic E-state index is -3.47. The van der Waals surface area contributed by atoms with E-state index in [2.05, 4.69) is 4.98 Å². The predicted molar refractivity (Wildman–Crippen MR) is 108 cm³/mol. The van der Waals surface area contributed by atoms with Gasteiger partial charge in [-0.15, -0.1) is 0 Å². The Balaban J connectivity index is 1.99. The van der Waals surface area contributed by atoms with Crippen LogP contribution in [-0.2, 0) is 21.2 Å². The number of anilines is 1. The minimum absolute atomic E-state index is 0.0819. The highest BCUT2D eigenvalue weighted by Gasteiger charge is 2.20. The lowest BCUT2D eigenvalue weighted by Gasteiger charge is -2.24. The van der Waals surface area contributed by atoms with Crippen LogP contribution in [0.25, 0.3) is 0 Å². The lowest BCUT2D eigenvalue weighted by molar-refractivity contribution is -0.129. The summed E-state index contributed by atoms with van der Waals surface area (Å²) in [6.07, 6.45) is 5.49. The summed E-state index contributed by atoms with van der Waals surface area (Å²) in [4.78, 5) is 18.1. The van der Waals surface area contributed by atoms with Crippen molar-refractivity contribution in [2.24, 2.45) is 0 Å². The number of rotatable bonds is 8. The van der Waals surface area contributed by atoms with Gasteiger partial charge in [0.05, 0.1) is 11.9 Å². The average Bonchev–Trinajstić information content (AvgIpc) is 2.62. The fraction of sp³-hybridized carbons (Fsp3) is 0.400. The normalized spacial score (nSPS) is 11.3. The van der Waals surface area contributed by atoms with Gasteiger partial charge in [0, 0.05) is 39.0 Å². The Morgan fingerprint density at radius 1 is 1.04 bits per heavy atom. The zero-order valence-electron chi connectivity index (χ0n) is 16.3. The van der Waals surface area contributed by atoms with Crippen LogP contribution < -0.4 is 4.31 Å². The van der Waals surface area contributed by atoms with Gasteiger partial charge in [-0.1, -0.05) is 6.07 Å². The second-order valence-corrected chi connectivity index (χ2v) is 8.68. The Hall–Kier alpha value is -2.41. The molecule has 0 spiro atoms. The number of likely N-dealkylation sites (N-methyl/N-ethyl adjacent to an activating group) is 1. The molecule has 0 aliphatic carbocycles. The molecule has 0 radical (unpaired) electrons. The second kappa shape index (κ2) is 8.99. The molecular weight excluding hydrogens is 362 g/mol. The van der Waals surface area contributed by atoms with E-state index in [1.165, 1.54) is 10.6 Å². The third-order valence-corrected chi connectivity index (χ3v) is 5.81. The molecule has 7 heteroatoms. The van der Waals surface area contributed by atoms with Crippen molar-refractivity contribution in [1.82, 2.24) is 9.88 Å². The van der Waals surface area contributed by atoms with Crippen LogP contribution in [0.15, 0.2) is 42.7 Å². The Kier molecular flexibility index (Phi) is 6.96. The molecule has 0 fully saturated rings. The zero-order chi connectivity index (χ0) is 20.0. The molecule has 2 rings (SSSR count). The van der Waals surface area contributed by atoms with Crippen molar-refractivity contribution in [2.45, 2.75) is 26.7 Å². The van der Waals surface area contributed by atoms with E-state index in [-0.39, 0.29) is 18.9 Å². The van der Waals surface area contributed by atoms with Gasteiger partial charge in [0.1, 0.15) is 0 Å². The van der Waals surface area contributed by atoms with Gasteiger partial charge < -0.3 is 4.90 Å². The number of amides is 1. The Labute approximate surface area is 161 Å². The van der Waals surface area contributed by atoms with E-state index in [0.717, 1.165) is 23.1 Å². The molecule has 0 unspecified atom stereocenters. The third kappa shape index (κ3) is 6.06. The average molecular weight is 390 g/mol. The summed E-state index contributed by atoms with van der Waals surface area (Å²) in [6, 6.07) is 9.35. The van der Waals surface area contributed by atoms with Crippen LogP contribution in [0.2, 0.25) is 0 Å². The molecule has 0 atom stereocenters. The summed E-state index contributed by atoms with van der Waals surface area (Å²) in [5, 5.41) is 0. The van der Waals surface area contributed by atoms with Crippen molar-refractivity contribution in [3.8, 4) is 0 Å². The molecule has 1 aromatic carbocycles. The first-order valence-electron chi connectivity index (χ1n) is 8.86. The monoisotopic (exact) mass is 389 g/mol. The first-order valence-corrected chi connectivity index (χ1v) is 10.7. The molecule has 0 aliphatic heterocycles. The SMILES string of the molecule is Cc1ccc(N(CCC(=O)N(C)CCc2ccncc2)S(C)(=O)=O)cc1C. The Morgan fingerprint density at radius 3 is 2.30 bits per heavy atom. The standard InChI is InChI=1S/C20H27N3O3S/c1-16-5-6-19(15-17(16)2)23(27(4,25)26)14-10-20(24)22(3)13-9-18-7-11-21-12-8-18/h5-8,11-12,15H,9-10,13-14H2,1-4H3. The predicted octanol–water partition coefficient (Wildman–Crippen LogP) is 2.56. The van der Waals surface area contributed by atoms with Gasteiger partial charge in [-0.3, -0.25) is 14.1 Å². The van der Waals surface area contributed by atoms with Crippen LogP contribution in [-0.4, -0.2) is 50.6 Å². The van der Waals surface area contributed by atoms with Gasteiger partial charge in [0.15, 0.2) is 0 Å². The van der Waals surface area contributed by atoms with E-state index in [4.69, 9.17) is 0 Å². The topological polar surface area (TPSA) is 70.6 Å². The maximum absolute atomic E-state index is 12.4. The Morgan fingerprint density at radius 2 is 1.70 bits per heavy atom. The summed E-state index contributed by atoms with van der Waals surface area (Å²) < 4.78 is 25.7. The van der Waals surface area contributed by atoms with Gasteiger partial charge >= 0.3 is 0 Å². The van der Waals surface area contributed by atoms with E-state index in [9.17, 15) is 13.2 Å². The number of hydrogen-bond donors (Lipinski definition) is 0. The molecule has 0 N–H and O–H groups in total. The molecule has 1 amide bonds. The van der Waals surface area contributed by atoms with Gasteiger partial charge in [0.25, 0.3) is 0 Å². The van der Waals surface area contributed by atoms with E-state index in [1.54, 1.807) is 30.4 Å². The van der Waals surface area contributed by atoms with Crippen molar-refractivity contribution >= 4 is 21.6 Å². The zero-order valence-corrected chi connectivity index (χ0v) is 17.2. The van der Waals surface area contributed by atoms with Crippen molar-refractivity contribution in [1.29, 1.82) is 0 Å². The maximum atomic E-state index is 12.4. The number of carbonyl (C=O) groups is 1. The van der Waals surface area contributed by atoms with Gasteiger partial charge in [-0.05, 0) is 61.2 Å². The van der Waals surface area contributed by atoms with E-state index in [1.807, 2.05) is 38.1 Å². The van der Waals surface area contributed by atoms with Crippen LogP contribution in [0.3, 0.4) is 0 Å². The summed E-state index contributed by atoms with van der Waals surface area (Å²) in [5.74, 6) is -0.0819. The smallest absolute Gasteiger partial charge is 0.232 e. The quantitative estimate of drug-likeness (QED) is 0.696. The second-order valence-electron chi connectivity index (χ2n) is 6.77. The molecular formula is C20H27N3O3S. The van der Waals surface area contributed by atoms with Gasteiger partial charge in [-0.25, -0.2) is 8.42 Å². The summed E-state index contributed by atoms with van der Waals surface area (Å²) in [5.41, 5.74) is 3.81. The van der Waals surface area contributed by atoms with E-state index < -0.39 is 10.0 Å².